The number of aliphatic imine (C=N–C) groups is 1. The smallest absolute Gasteiger partial charge is 0.137 e. The molecule has 0 amide bonds. The number of ether oxygens (including phenoxy) is 2. The summed E-state index contributed by atoms with van der Waals surface area (Å²) in [6.45, 7) is 23.7. The second-order valence-corrected chi connectivity index (χ2v) is 38.9. The number of morpholine rings is 2. The van der Waals surface area contributed by atoms with Crippen LogP contribution in [0.1, 0.15) is 72.2 Å². The van der Waals surface area contributed by atoms with Gasteiger partial charge in [-0.1, -0.05) is 11.6 Å². The van der Waals surface area contributed by atoms with Crippen LogP contribution in [-0.2, 0) is 37.2 Å². The number of anilines is 6. The molecule has 0 atom stereocenters. The van der Waals surface area contributed by atoms with Crippen molar-refractivity contribution in [1.82, 2.24) is 79.2 Å². The summed E-state index contributed by atoms with van der Waals surface area (Å²) in [6, 6.07) is 14.9. The van der Waals surface area contributed by atoms with Crippen LogP contribution in [0.5, 0.6) is 0 Å². The van der Waals surface area contributed by atoms with Crippen LogP contribution in [0.4, 0.5) is 34.9 Å². The molecular formula is C63H82ClN23O2Sn. The average Bonchev–Trinajstić information content (AvgIpc) is 1.70. The quantitative estimate of drug-likeness (QED) is 0.0583. The molecule has 2 saturated heterocycles. The maximum atomic E-state index is 5.96. The van der Waals surface area contributed by atoms with Crippen LogP contribution in [-0.4, -0.2) is 180 Å². The number of nitrogens with one attached hydrogen (secondary N) is 4. The van der Waals surface area contributed by atoms with Gasteiger partial charge in [0.1, 0.15) is 64.6 Å². The minimum Gasteiger partial charge on any atom is -0.378 e. The fourth-order valence-electron chi connectivity index (χ4n) is 10.7. The molecular weight excluding hydrogens is 1270 g/mol. The molecule has 0 unspecified atom stereocenters. The van der Waals surface area contributed by atoms with Gasteiger partial charge in [-0.15, -0.1) is 0 Å². The molecule has 0 spiro atoms. The number of rotatable bonds is 14. The van der Waals surface area contributed by atoms with E-state index in [1.165, 1.54) is 26.5 Å². The van der Waals surface area contributed by atoms with E-state index in [2.05, 4.69) is 162 Å². The fourth-order valence-corrected chi connectivity index (χ4v) is 15.0. The monoisotopic (exact) mass is 1350 g/mol. The maximum Gasteiger partial charge on any atom is 0.137 e. The summed E-state index contributed by atoms with van der Waals surface area (Å²) in [6.07, 6.45) is 11.9. The van der Waals surface area contributed by atoms with Crippen molar-refractivity contribution in [2.75, 3.05) is 83.7 Å². The van der Waals surface area contributed by atoms with Gasteiger partial charge in [0, 0.05) is 101 Å². The van der Waals surface area contributed by atoms with Crippen molar-refractivity contribution in [3.63, 3.8) is 0 Å². The van der Waals surface area contributed by atoms with Crippen LogP contribution in [0.15, 0.2) is 91.2 Å². The van der Waals surface area contributed by atoms with E-state index in [1.807, 2.05) is 77.9 Å². The SMILES string of the molecule is CC(C)Nc1nccc2c1C(c1cc(N3CCOCC3)ncn1)=NC2.CC(C)Nc1nccc2c1[c]([Sn]([CH3])([CH3])[CH3])nn2C.CC(C)Nc1nccc2c1c(-c1cc(Cl)ncn1)nn2C.CC(C)Nc1nccc2c1c(-c1cc(N3CCOCC3)ncn1)nn2C. The van der Waals surface area contributed by atoms with Crippen LogP contribution in [0.3, 0.4) is 0 Å². The minimum absolute atomic E-state index is 0.269. The van der Waals surface area contributed by atoms with E-state index in [4.69, 9.17) is 36.3 Å². The topological polar surface area (TPSA) is 268 Å². The summed E-state index contributed by atoms with van der Waals surface area (Å²) in [4.78, 5) is 60.3. The van der Waals surface area contributed by atoms with E-state index in [0.29, 0.717) is 29.5 Å². The van der Waals surface area contributed by atoms with Crippen LogP contribution in [0.2, 0.25) is 20.0 Å². The first-order chi connectivity index (χ1) is 43.2. The van der Waals surface area contributed by atoms with Crippen molar-refractivity contribution in [2.24, 2.45) is 26.1 Å². The van der Waals surface area contributed by atoms with E-state index in [-0.39, 0.29) is 12.1 Å². The first-order valence-corrected chi connectivity index (χ1v) is 40.9. The number of fused-ring (bicyclic) bond motifs is 4. The van der Waals surface area contributed by atoms with E-state index < -0.39 is 18.4 Å². The molecule has 0 aliphatic carbocycles. The van der Waals surface area contributed by atoms with E-state index >= 15 is 0 Å². The Kier molecular flexibility index (Phi) is 20.6. The Labute approximate surface area is 534 Å². The number of hydrogen-bond acceptors (Lipinski definition) is 22. The zero-order chi connectivity index (χ0) is 63.8. The van der Waals surface area contributed by atoms with Gasteiger partial charge in [-0.2, -0.15) is 10.2 Å². The molecule has 472 valence electrons. The third kappa shape index (κ3) is 15.1. The molecule has 0 aromatic carbocycles. The summed E-state index contributed by atoms with van der Waals surface area (Å²) in [5.41, 5.74) is 10.2. The van der Waals surface area contributed by atoms with Gasteiger partial charge in [0.25, 0.3) is 0 Å². The number of nitrogens with zero attached hydrogens (tertiary/aromatic N) is 19. The Balaban J connectivity index is 0.000000133. The molecule has 0 saturated carbocycles. The summed E-state index contributed by atoms with van der Waals surface area (Å²) < 4.78 is 17.8. The van der Waals surface area contributed by atoms with E-state index in [1.54, 1.807) is 31.1 Å². The molecule has 3 aliphatic heterocycles. The van der Waals surface area contributed by atoms with Crippen molar-refractivity contribution in [3.8, 4) is 22.8 Å². The molecule has 90 heavy (non-hydrogen) atoms. The molecule has 10 aromatic rings. The van der Waals surface area contributed by atoms with Gasteiger partial charge >= 0.3 is 113 Å². The molecule has 3 aliphatic rings. The Morgan fingerprint density at radius 1 is 0.467 bits per heavy atom. The molecule has 0 radical (unpaired) electrons. The van der Waals surface area contributed by atoms with Crippen molar-refractivity contribution in [2.45, 2.75) is 101 Å². The zero-order valence-corrected chi connectivity index (χ0v) is 57.6. The molecule has 2 fully saturated rings. The van der Waals surface area contributed by atoms with Crippen LogP contribution in [0, 0.1) is 0 Å². The molecule has 25 nitrogen and oxygen atoms in total. The maximum absolute atomic E-state index is 5.96. The van der Waals surface area contributed by atoms with Crippen LogP contribution < -0.4 is 34.8 Å². The van der Waals surface area contributed by atoms with Crippen molar-refractivity contribution < 1.29 is 9.47 Å². The number of hydrogen-bond donors (Lipinski definition) is 4. The van der Waals surface area contributed by atoms with Crippen molar-refractivity contribution in [3.05, 3.63) is 108 Å². The normalized spacial score (nSPS) is 14.1. The Morgan fingerprint density at radius 3 is 1.34 bits per heavy atom. The second kappa shape index (κ2) is 28.7. The van der Waals surface area contributed by atoms with Gasteiger partial charge in [0.15, 0.2) is 0 Å². The molecule has 13 rings (SSSR count). The van der Waals surface area contributed by atoms with E-state index in [0.717, 1.165) is 143 Å². The van der Waals surface area contributed by atoms with Crippen molar-refractivity contribution >= 4 is 107 Å². The number of pyridine rings is 4. The van der Waals surface area contributed by atoms with Crippen LogP contribution >= 0.6 is 11.6 Å². The van der Waals surface area contributed by atoms with Crippen molar-refractivity contribution in [1.29, 1.82) is 0 Å². The van der Waals surface area contributed by atoms with Gasteiger partial charge in [0.2, 0.25) is 0 Å². The number of aromatic nitrogens is 16. The standard InChI is InChI=1S/C18H23N7O.C18H22N6O.C14H15ClN6.C10H13N4.3CH3.Sn/c1-12(2)22-18-16-14(4-5-19-18)24(3)23-17(16)13-10-15(21-11-20-13)25-6-8-26-9-7-25;1-12(2)23-18-16-13(3-4-19-18)10-20-17(16)14-9-15(22-11-21-14)24-5-7-25-8-6-24;1-8(2)19-14-12-10(4-5-16-14)21(3)20-13(12)9-6-11(15)18-7-17-9;1-7(2)13-10-8-6-12-14(3)9(8)4-5-11-10;;;;/h4-5,10-12H,6-9H2,1-3H3,(H,19,22);3-4,9,11-12H,5-8,10H2,1-2H3,(H,19,23);4-8H,1-3H3,(H,16,19);4-5,7H,1-3H3,(H,11,13);3*1H3;. The van der Waals surface area contributed by atoms with Crippen LogP contribution in [0.25, 0.3) is 55.5 Å². The Morgan fingerprint density at radius 2 is 0.867 bits per heavy atom. The molecule has 0 bridgehead atoms. The van der Waals surface area contributed by atoms with E-state index in [9.17, 15) is 0 Å². The van der Waals surface area contributed by atoms with Gasteiger partial charge in [0.05, 0.1) is 77.6 Å². The first-order valence-electron chi connectivity index (χ1n) is 30.5. The third-order valence-electron chi connectivity index (χ3n) is 14.7. The fraction of sp³-hybridized carbons (Fsp3) is 0.429. The number of halogens is 1. The first kappa shape index (κ1) is 64.7. The predicted octanol–water partition coefficient (Wildman–Crippen LogP) is 9.19. The van der Waals surface area contributed by atoms with Gasteiger partial charge in [-0.3, -0.25) is 14.4 Å². The largest absolute Gasteiger partial charge is 0.378 e. The third-order valence-corrected chi connectivity index (χ3v) is 20.0. The molecule has 4 N–H and O–H groups in total. The molecule has 10 aromatic heterocycles. The average molecular weight is 1350 g/mol. The zero-order valence-electron chi connectivity index (χ0n) is 53.9. The minimum atomic E-state index is -2.23. The molecule has 13 heterocycles. The summed E-state index contributed by atoms with van der Waals surface area (Å²) in [7, 11) is 5.85. The number of aryl methyl sites for hydroxylation is 3. The van der Waals surface area contributed by atoms with Gasteiger partial charge in [-0.25, -0.2) is 44.9 Å². The van der Waals surface area contributed by atoms with Gasteiger partial charge < -0.3 is 35.2 Å². The second-order valence-electron chi connectivity index (χ2n) is 24.3. The van der Waals surface area contributed by atoms with Gasteiger partial charge in [-0.05, 0) is 65.3 Å². The summed E-state index contributed by atoms with van der Waals surface area (Å²) in [5, 5.41) is 31.2. The Bertz CT molecular complexity index is 4130. The Hall–Kier alpha value is -8.27. The molecule has 27 heteroatoms. The predicted molar refractivity (Wildman–Crippen MR) is 362 cm³/mol. The summed E-state index contributed by atoms with van der Waals surface area (Å²) >= 11 is 3.73. The summed E-state index contributed by atoms with van der Waals surface area (Å²) in [5.74, 6) is 5.30.